The van der Waals surface area contributed by atoms with Crippen molar-refractivity contribution in [1.82, 2.24) is 10.3 Å². The van der Waals surface area contributed by atoms with E-state index in [9.17, 15) is 0 Å². The third kappa shape index (κ3) is 2.97. The van der Waals surface area contributed by atoms with E-state index in [1.807, 2.05) is 37.5 Å². The van der Waals surface area contributed by atoms with Gasteiger partial charge in [0.1, 0.15) is 0 Å². The molecule has 0 radical (unpaired) electrons. The summed E-state index contributed by atoms with van der Waals surface area (Å²) in [5.41, 5.74) is 2.94. The molecule has 0 bridgehead atoms. The van der Waals surface area contributed by atoms with Crippen molar-refractivity contribution in [3.63, 3.8) is 0 Å². The summed E-state index contributed by atoms with van der Waals surface area (Å²) in [4.78, 5) is 4.35. The summed E-state index contributed by atoms with van der Waals surface area (Å²) in [7, 11) is 1.89. The smallest absolute Gasteiger partial charge is 0.0542 e. The van der Waals surface area contributed by atoms with E-state index in [1.165, 1.54) is 0 Å². The van der Waals surface area contributed by atoms with Gasteiger partial charge in [-0.1, -0.05) is 35.3 Å². The number of benzene rings is 1. The Balaban J connectivity index is 2.33. The Morgan fingerprint density at radius 2 is 2.00 bits per heavy atom. The van der Waals surface area contributed by atoms with E-state index in [4.69, 9.17) is 23.2 Å². The Labute approximate surface area is 111 Å². The van der Waals surface area contributed by atoms with E-state index in [-0.39, 0.29) is 0 Å². The first-order valence-corrected chi connectivity index (χ1v) is 6.01. The SMILES string of the molecule is CNCc1ccc(-c2ccc(Cl)cc2Cl)cn1. The van der Waals surface area contributed by atoms with Gasteiger partial charge in [-0.2, -0.15) is 0 Å². The highest BCUT2D eigenvalue weighted by atomic mass is 35.5. The quantitative estimate of drug-likeness (QED) is 0.915. The van der Waals surface area contributed by atoms with Gasteiger partial charge in [0.05, 0.1) is 5.69 Å². The van der Waals surface area contributed by atoms with Crippen LogP contribution >= 0.6 is 23.2 Å². The van der Waals surface area contributed by atoms with Gasteiger partial charge >= 0.3 is 0 Å². The molecule has 0 spiro atoms. The molecule has 0 saturated heterocycles. The van der Waals surface area contributed by atoms with E-state index in [0.29, 0.717) is 10.0 Å². The minimum Gasteiger partial charge on any atom is -0.314 e. The van der Waals surface area contributed by atoms with Crippen molar-refractivity contribution in [2.75, 3.05) is 7.05 Å². The molecule has 2 nitrogen and oxygen atoms in total. The first kappa shape index (κ1) is 12.4. The van der Waals surface area contributed by atoms with Crippen LogP contribution in [0, 0.1) is 0 Å². The zero-order chi connectivity index (χ0) is 12.3. The maximum absolute atomic E-state index is 6.14. The molecule has 0 saturated carbocycles. The molecule has 0 aliphatic heterocycles. The number of hydrogen-bond donors (Lipinski definition) is 1. The number of hydrogen-bond acceptors (Lipinski definition) is 2. The second-order valence-electron chi connectivity index (χ2n) is 3.69. The predicted octanol–water partition coefficient (Wildman–Crippen LogP) is 3.77. The van der Waals surface area contributed by atoms with Gasteiger partial charge in [0.15, 0.2) is 0 Å². The van der Waals surface area contributed by atoms with Gasteiger partial charge in [0.2, 0.25) is 0 Å². The molecule has 1 aromatic carbocycles. The summed E-state index contributed by atoms with van der Waals surface area (Å²) >= 11 is 12.0. The normalized spacial score (nSPS) is 10.5. The van der Waals surface area contributed by atoms with Crippen molar-refractivity contribution in [2.45, 2.75) is 6.54 Å². The molecule has 88 valence electrons. The molecule has 0 atom stereocenters. The molecular weight excluding hydrogens is 255 g/mol. The second-order valence-corrected chi connectivity index (χ2v) is 4.54. The zero-order valence-corrected chi connectivity index (χ0v) is 10.9. The molecule has 2 rings (SSSR count). The number of nitrogens with one attached hydrogen (secondary N) is 1. The minimum absolute atomic E-state index is 0.638. The molecule has 4 heteroatoms. The Morgan fingerprint density at radius 3 is 2.59 bits per heavy atom. The molecule has 0 unspecified atom stereocenters. The maximum atomic E-state index is 6.14. The number of rotatable bonds is 3. The van der Waals surface area contributed by atoms with Crippen LogP contribution in [-0.2, 0) is 6.54 Å². The zero-order valence-electron chi connectivity index (χ0n) is 9.37. The molecule has 1 heterocycles. The third-order valence-corrected chi connectivity index (χ3v) is 2.97. The summed E-state index contributed by atoms with van der Waals surface area (Å²) in [6, 6.07) is 9.45. The average Bonchev–Trinajstić information content (AvgIpc) is 2.31. The molecule has 0 aliphatic rings. The van der Waals surface area contributed by atoms with Crippen LogP contribution in [0.5, 0.6) is 0 Å². The molecule has 1 N–H and O–H groups in total. The van der Waals surface area contributed by atoms with Gasteiger partial charge in [-0.05, 0) is 25.2 Å². The number of nitrogens with zero attached hydrogens (tertiary/aromatic N) is 1. The molecule has 2 aromatic rings. The highest BCUT2D eigenvalue weighted by molar-refractivity contribution is 6.36. The summed E-state index contributed by atoms with van der Waals surface area (Å²) < 4.78 is 0. The molecule has 1 aromatic heterocycles. The van der Waals surface area contributed by atoms with Crippen molar-refractivity contribution < 1.29 is 0 Å². The van der Waals surface area contributed by atoms with Gasteiger partial charge in [-0.3, -0.25) is 4.98 Å². The van der Waals surface area contributed by atoms with Crippen molar-refractivity contribution in [3.05, 3.63) is 52.3 Å². The van der Waals surface area contributed by atoms with Gasteiger partial charge in [0, 0.05) is 33.9 Å². The molecule has 0 aliphatic carbocycles. The standard InChI is InChI=1S/C13H12Cl2N2/c1-16-8-11-4-2-9(7-17-11)12-5-3-10(14)6-13(12)15/h2-7,16H,8H2,1H3. The van der Waals surface area contributed by atoms with E-state index in [1.54, 1.807) is 6.07 Å². The van der Waals surface area contributed by atoms with Crippen molar-refractivity contribution in [2.24, 2.45) is 0 Å². The monoisotopic (exact) mass is 266 g/mol. The summed E-state index contributed by atoms with van der Waals surface area (Å²) in [5.74, 6) is 0. The Hall–Kier alpha value is -1.09. The van der Waals surface area contributed by atoms with Crippen LogP contribution in [0.2, 0.25) is 10.0 Å². The number of halogens is 2. The Kier molecular flexibility index (Phi) is 4.00. The van der Waals surface area contributed by atoms with Crippen molar-refractivity contribution in [3.8, 4) is 11.1 Å². The van der Waals surface area contributed by atoms with Crippen LogP contribution in [0.15, 0.2) is 36.5 Å². The number of pyridine rings is 1. The lowest BCUT2D eigenvalue weighted by atomic mass is 10.1. The van der Waals surface area contributed by atoms with Gasteiger partial charge in [-0.25, -0.2) is 0 Å². The second kappa shape index (κ2) is 5.50. The van der Waals surface area contributed by atoms with E-state index < -0.39 is 0 Å². The average molecular weight is 267 g/mol. The fourth-order valence-electron chi connectivity index (χ4n) is 1.59. The van der Waals surface area contributed by atoms with Gasteiger partial charge in [-0.15, -0.1) is 0 Å². The molecule has 0 amide bonds. The first-order valence-electron chi connectivity index (χ1n) is 5.25. The van der Waals surface area contributed by atoms with Crippen LogP contribution < -0.4 is 5.32 Å². The first-order chi connectivity index (χ1) is 8.20. The topological polar surface area (TPSA) is 24.9 Å². The molecule has 0 fully saturated rings. The van der Waals surface area contributed by atoms with Gasteiger partial charge in [0.25, 0.3) is 0 Å². The van der Waals surface area contributed by atoms with E-state index >= 15 is 0 Å². The number of aromatic nitrogens is 1. The predicted molar refractivity (Wildman–Crippen MR) is 72.5 cm³/mol. The minimum atomic E-state index is 0.638. The highest BCUT2D eigenvalue weighted by Gasteiger charge is 2.04. The van der Waals surface area contributed by atoms with E-state index in [2.05, 4.69) is 10.3 Å². The lowest BCUT2D eigenvalue weighted by Crippen LogP contribution is -2.06. The fraction of sp³-hybridized carbons (Fsp3) is 0.154. The van der Waals surface area contributed by atoms with Gasteiger partial charge < -0.3 is 5.32 Å². The molecule has 17 heavy (non-hydrogen) atoms. The van der Waals surface area contributed by atoms with Crippen molar-refractivity contribution >= 4 is 23.2 Å². The van der Waals surface area contributed by atoms with Crippen molar-refractivity contribution in [1.29, 1.82) is 0 Å². The summed E-state index contributed by atoms with van der Waals surface area (Å²) in [6.45, 7) is 0.759. The van der Waals surface area contributed by atoms with Crippen LogP contribution in [0.4, 0.5) is 0 Å². The fourth-order valence-corrected chi connectivity index (χ4v) is 2.11. The summed E-state index contributed by atoms with van der Waals surface area (Å²) in [6.07, 6.45) is 1.82. The van der Waals surface area contributed by atoms with Crippen LogP contribution in [0.25, 0.3) is 11.1 Å². The maximum Gasteiger partial charge on any atom is 0.0542 e. The van der Waals surface area contributed by atoms with Crippen LogP contribution in [-0.4, -0.2) is 12.0 Å². The lowest BCUT2D eigenvalue weighted by molar-refractivity contribution is 0.791. The van der Waals surface area contributed by atoms with Crippen LogP contribution in [0.3, 0.4) is 0 Å². The van der Waals surface area contributed by atoms with Crippen LogP contribution in [0.1, 0.15) is 5.69 Å². The Morgan fingerprint density at radius 1 is 1.18 bits per heavy atom. The highest BCUT2D eigenvalue weighted by Crippen LogP contribution is 2.29. The lowest BCUT2D eigenvalue weighted by Gasteiger charge is -2.06. The Bertz CT molecular complexity index is 509. The van der Waals surface area contributed by atoms with E-state index in [0.717, 1.165) is 23.4 Å². The third-order valence-electron chi connectivity index (χ3n) is 2.42. The molecular formula is C13H12Cl2N2. The largest absolute Gasteiger partial charge is 0.314 e. The summed E-state index contributed by atoms with van der Waals surface area (Å²) in [5, 5.41) is 4.33.